The van der Waals surface area contributed by atoms with Crippen LogP contribution in [0.5, 0.6) is 5.75 Å². The van der Waals surface area contributed by atoms with Crippen LogP contribution in [0.25, 0.3) is 10.6 Å². The highest BCUT2D eigenvalue weighted by Gasteiger charge is 2.17. The number of rotatable bonds is 3. The van der Waals surface area contributed by atoms with Crippen LogP contribution in [0, 0.1) is 6.92 Å². The average molecular weight is 255 g/mol. The first-order valence-corrected chi connectivity index (χ1v) is 5.83. The van der Waals surface area contributed by atoms with Crippen LogP contribution in [0.2, 0.25) is 0 Å². The summed E-state index contributed by atoms with van der Waals surface area (Å²) in [4.78, 5) is 4.52. The van der Waals surface area contributed by atoms with Crippen LogP contribution in [0.3, 0.4) is 0 Å². The molecule has 0 aliphatic carbocycles. The molecule has 1 aromatic heterocycles. The van der Waals surface area contributed by atoms with Crippen LogP contribution in [0.4, 0.5) is 8.78 Å². The van der Waals surface area contributed by atoms with E-state index in [1.165, 1.54) is 11.3 Å². The summed E-state index contributed by atoms with van der Waals surface area (Å²) in [5.74, 6) is 0.733. The third-order valence-electron chi connectivity index (χ3n) is 2.38. The largest absolute Gasteiger partial charge is 0.497 e. The monoisotopic (exact) mass is 255 g/mol. The number of alkyl halides is 2. The van der Waals surface area contributed by atoms with Crippen molar-refractivity contribution in [1.29, 1.82) is 0 Å². The SMILES string of the molecule is COc1ccc(-c2nc(C(F)F)c(C)s2)cc1. The van der Waals surface area contributed by atoms with Crippen molar-refractivity contribution in [2.45, 2.75) is 13.3 Å². The summed E-state index contributed by atoms with van der Waals surface area (Å²) in [6, 6.07) is 7.20. The lowest BCUT2D eigenvalue weighted by molar-refractivity contribution is 0.146. The predicted molar refractivity (Wildman–Crippen MR) is 63.8 cm³/mol. The summed E-state index contributed by atoms with van der Waals surface area (Å²) < 4.78 is 30.2. The topological polar surface area (TPSA) is 22.1 Å². The molecule has 0 saturated carbocycles. The molecule has 0 fully saturated rings. The Morgan fingerprint density at radius 2 is 1.88 bits per heavy atom. The Morgan fingerprint density at radius 3 is 2.35 bits per heavy atom. The van der Waals surface area contributed by atoms with Gasteiger partial charge in [0.15, 0.2) is 0 Å². The highest BCUT2D eigenvalue weighted by atomic mass is 32.1. The van der Waals surface area contributed by atoms with E-state index in [1.54, 1.807) is 26.2 Å². The lowest BCUT2D eigenvalue weighted by atomic mass is 10.2. The molecular formula is C12H11F2NOS. The molecule has 5 heteroatoms. The van der Waals surface area contributed by atoms with Gasteiger partial charge in [0, 0.05) is 10.4 Å². The zero-order chi connectivity index (χ0) is 12.4. The van der Waals surface area contributed by atoms with E-state index in [0.29, 0.717) is 9.88 Å². The van der Waals surface area contributed by atoms with Crippen molar-refractivity contribution < 1.29 is 13.5 Å². The van der Waals surface area contributed by atoms with Gasteiger partial charge in [-0.15, -0.1) is 11.3 Å². The van der Waals surface area contributed by atoms with Crippen LogP contribution in [-0.2, 0) is 0 Å². The normalized spacial score (nSPS) is 10.9. The van der Waals surface area contributed by atoms with E-state index in [-0.39, 0.29) is 5.69 Å². The maximum Gasteiger partial charge on any atom is 0.281 e. The number of nitrogens with zero attached hydrogens (tertiary/aromatic N) is 1. The molecule has 0 saturated heterocycles. The summed E-state index contributed by atoms with van der Waals surface area (Å²) in [5, 5.41) is 0.612. The van der Waals surface area contributed by atoms with Gasteiger partial charge in [0.25, 0.3) is 6.43 Å². The molecule has 2 aromatic rings. The van der Waals surface area contributed by atoms with E-state index < -0.39 is 6.43 Å². The van der Waals surface area contributed by atoms with E-state index in [9.17, 15) is 8.78 Å². The van der Waals surface area contributed by atoms with Gasteiger partial charge in [-0.1, -0.05) is 0 Å². The fourth-order valence-corrected chi connectivity index (χ4v) is 2.40. The minimum atomic E-state index is -2.52. The molecule has 17 heavy (non-hydrogen) atoms. The molecule has 2 rings (SSSR count). The molecule has 0 atom stereocenters. The Balaban J connectivity index is 2.36. The third kappa shape index (κ3) is 2.44. The Labute approximate surface area is 102 Å². The smallest absolute Gasteiger partial charge is 0.281 e. The molecule has 0 N–H and O–H groups in total. The Bertz CT molecular complexity index is 508. The lowest BCUT2D eigenvalue weighted by Crippen LogP contribution is -1.87. The van der Waals surface area contributed by atoms with Crippen molar-refractivity contribution in [3.8, 4) is 16.3 Å². The number of aryl methyl sites for hydroxylation is 1. The molecular weight excluding hydrogens is 244 g/mol. The zero-order valence-electron chi connectivity index (χ0n) is 9.41. The Morgan fingerprint density at radius 1 is 1.24 bits per heavy atom. The van der Waals surface area contributed by atoms with Gasteiger partial charge in [-0.2, -0.15) is 0 Å². The van der Waals surface area contributed by atoms with Gasteiger partial charge in [-0.3, -0.25) is 0 Å². The van der Waals surface area contributed by atoms with Crippen LogP contribution < -0.4 is 4.74 Å². The summed E-state index contributed by atoms with van der Waals surface area (Å²) in [6.07, 6.45) is -2.52. The molecule has 2 nitrogen and oxygen atoms in total. The fourth-order valence-electron chi connectivity index (χ4n) is 1.47. The molecule has 90 valence electrons. The number of hydrogen-bond acceptors (Lipinski definition) is 3. The predicted octanol–water partition coefficient (Wildman–Crippen LogP) is 4.06. The highest BCUT2D eigenvalue weighted by molar-refractivity contribution is 7.15. The van der Waals surface area contributed by atoms with Crippen molar-refractivity contribution >= 4 is 11.3 Å². The summed E-state index contributed by atoms with van der Waals surface area (Å²) in [7, 11) is 1.58. The quantitative estimate of drug-likeness (QED) is 0.825. The van der Waals surface area contributed by atoms with E-state index in [2.05, 4.69) is 4.98 Å². The first-order chi connectivity index (χ1) is 8.11. The summed E-state index contributed by atoms with van der Waals surface area (Å²) in [6.45, 7) is 1.66. The van der Waals surface area contributed by atoms with Crippen LogP contribution in [0.1, 0.15) is 17.0 Å². The van der Waals surface area contributed by atoms with Crippen LogP contribution in [0.15, 0.2) is 24.3 Å². The average Bonchev–Trinajstić information content (AvgIpc) is 2.71. The number of benzene rings is 1. The molecule has 0 amide bonds. The van der Waals surface area contributed by atoms with Crippen molar-refractivity contribution in [3.05, 3.63) is 34.8 Å². The molecule has 1 heterocycles. The van der Waals surface area contributed by atoms with Crippen molar-refractivity contribution in [1.82, 2.24) is 4.98 Å². The molecule has 0 spiro atoms. The first-order valence-electron chi connectivity index (χ1n) is 5.01. The zero-order valence-corrected chi connectivity index (χ0v) is 10.2. The van der Waals surface area contributed by atoms with Gasteiger partial charge in [0.05, 0.1) is 7.11 Å². The van der Waals surface area contributed by atoms with Gasteiger partial charge in [0.2, 0.25) is 0 Å². The number of ether oxygens (including phenoxy) is 1. The lowest BCUT2D eigenvalue weighted by Gasteiger charge is -2.00. The minimum absolute atomic E-state index is 0.124. The van der Waals surface area contributed by atoms with Crippen molar-refractivity contribution in [3.63, 3.8) is 0 Å². The fraction of sp³-hybridized carbons (Fsp3) is 0.250. The van der Waals surface area contributed by atoms with E-state index in [0.717, 1.165) is 11.3 Å². The first kappa shape index (κ1) is 12.0. The number of methoxy groups -OCH3 is 1. The van der Waals surface area contributed by atoms with Gasteiger partial charge in [0.1, 0.15) is 16.5 Å². The van der Waals surface area contributed by atoms with Crippen molar-refractivity contribution in [2.75, 3.05) is 7.11 Å². The second kappa shape index (κ2) is 4.79. The molecule has 0 unspecified atom stereocenters. The number of thiazole rings is 1. The second-order valence-electron chi connectivity index (χ2n) is 3.49. The van der Waals surface area contributed by atoms with E-state index in [4.69, 9.17) is 4.74 Å². The molecule has 0 aliphatic heterocycles. The third-order valence-corrected chi connectivity index (χ3v) is 3.41. The highest BCUT2D eigenvalue weighted by Crippen LogP contribution is 2.32. The van der Waals surface area contributed by atoms with Gasteiger partial charge in [-0.05, 0) is 31.2 Å². The van der Waals surface area contributed by atoms with E-state index >= 15 is 0 Å². The number of halogens is 2. The van der Waals surface area contributed by atoms with Gasteiger partial charge >= 0.3 is 0 Å². The Kier molecular flexibility index (Phi) is 3.38. The van der Waals surface area contributed by atoms with Crippen LogP contribution >= 0.6 is 11.3 Å². The Hall–Kier alpha value is -1.49. The van der Waals surface area contributed by atoms with Gasteiger partial charge < -0.3 is 4.74 Å². The maximum atomic E-state index is 12.6. The number of hydrogen-bond donors (Lipinski definition) is 0. The standard InChI is InChI=1S/C12H11F2NOS/c1-7-10(11(13)14)15-12(17-7)8-3-5-9(16-2)6-4-8/h3-6,11H,1-2H3. The minimum Gasteiger partial charge on any atom is -0.497 e. The molecule has 1 aromatic carbocycles. The van der Waals surface area contributed by atoms with E-state index in [1.807, 2.05) is 12.1 Å². The molecule has 0 radical (unpaired) electrons. The number of aromatic nitrogens is 1. The molecule has 0 bridgehead atoms. The summed E-state index contributed by atoms with van der Waals surface area (Å²) >= 11 is 1.28. The van der Waals surface area contributed by atoms with Crippen LogP contribution in [-0.4, -0.2) is 12.1 Å². The van der Waals surface area contributed by atoms with Crippen molar-refractivity contribution in [2.24, 2.45) is 0 Å². The maximum absolute atomic E-state index is 12.6. The second-order valence-corrected chi connectivity index (χ2v) is 4.69. The molecule has 0 aliphatic rings. The summed E-state index contributed by atoms with van der Waals surface area (Å²) in [5.41, 5.74) is 0.701. The van der Waals surface area contributed by atoms with Gasteiger partial charge in [-0.25, -0.2) is 13.8 Å².